The summed E-state index contributed by atoms with van der Waals surface area (Å²) in [5, 5.41) is 1.42. The molecule has 194 valence electrons. The van der Waals surface area contributed by atoms with E-state index in [2.05, 4.69) is 0 Å². The Hall–Kier alpha value is -3.51. The molecule has 1 aliphatic heterocycles. The summed E-state index contributed by atoms with van der Waals surface area (Å²) in [5.74, 6) is -3.27. The second kappa shape index (κ2) is 11.0. The average Bonchev–Trinajstić information content (AvgIpc) is 2.79. The predicted molar refractivity (Wildman–Crippen MR) is 123 cm³/mol. The fourth-order valence-corrected chi connectivity index (χ4v) is 5.59. The number of sulfone groups is 1. The molecule has 0 unspecified atom stereocenters. The monoisotopic (exact) mass is 522 g/mol. The van der Waals surface area contributed by atoms with Crippen molar-refractivity contribution in [1.82, 2.24) is 0 Å². The highest BCUT2D eigenvalue weighted by molar-refractivity contribution is 7.92. The summed E-state index contributed by atoms with van der Waals surface area (Å²) in [6.45, 7) is 3.77. The van der Waals surface area contributed by atoms with Crippen LogP contribution in [0.5, 0.6) is 0 Å². The second-order valence-corrected chi connectivity index (χ2v) is 10.1. The van der Waals surface area contributed by atoms with E-state index >= 15 is 0 Å². The van der Waals surface area contributed by atoms with Crippen molar-refractivity contribution in [3.63, 3.8) is 0 Å². The molecule has 0 amide bonds. The Morgan fingerprint density at radius 1 is 0.750 bits per heavy atom. The van der Waals surface area contributed by atoms with Gasteiger partial charge in [0.15, 0.2) is 18.3 Å². The number of fused-ring (bicyclic) bond motifs is 1. The maximum Gasteiger partial charge on any atom is 0.303 e. The molecule has 0 saturated carbocycles. The van der Waals surface area contributed by atoms with Crippen molar-refractivity contribution in [2.24, 2.45) is 0 Å². The zero-order valence-electron chi connectivity index (χ0n) is 20.0. The first-order valence-corrected chi connectivity index (χ1v) is 12.5. The fraction of sp³-hybridized carbons (Fsp3) is 0.417. The van der Waals surface area contributed by atoms with Gasteiger partial charge in [-0.15, -0.1) is 0 Å². The highest BCUT2D eigenvalue weighted by Crippen LogP contribution is 2.35. The molecule has 5 atom stereocenters. The Labute approximate surface area is 207 Å². The molecule has 2 aromatic carbocycles. The van der Waals surface area contributed by atoms with Crippen molar-refractivity contribution in [2.75, 3.05) is 6.61 Å². The van der Waals surface area contributed by atoms with Gasteiger partial charge in [0, 0.05) is 27.7 Å². The van der Waals surface area contributed by atoms with Gasteiger partial charge in [0.2, 0.25) is 15.3 Å². The molecule has 1 saturated heterocycles. The Bertz CT molecular complexity index is 1270. The van der Waals surface area contributed by atoms with E-state index in [0.717, 1.165) is 33.1 Å². The van der Waals surface area contributed by atoms with E-state index in [-0.39, 0.29) is 4.90 Å². The van der Waals surface area contributed by atoms with Gasteiger partial charge in [-0.2, -0.15) is 0 Å². The Balaban J connectivity index is 2.14. The second-order valence-electron chi connectivity index (χ2n) is 8.12. The van der Waals surface area contributed by atoms with Gasteiger partial charge in [-0.1, -0.05) is 30.3 Å². The van der Waals surface area contributed by atoms with E-state index in [9.17, 15) is 27.6 Å². The lowest BCUT2D eigenvalue weighted by Crippen LogP contribution is -2.64. The lowest BCUT2D eigenvalue weighted by molar-refractivity contribution is -0.238. The summed E-state index contributed by atoms with van der Waals surface area (Å²) in [5.41, 5.74) is -1.89. The topological polar surface area (TPSA) is 149 Å². The van der Waals surface area contributed by atoms with E-state index in [1.807, 2.05) is 0 Å². The molecule has 0 aromatic heterocycles. The third-order valence-corrected chi connectivity index (χ3v) is 7.21. The minimum atomic E-state index is -4.41. The minimum Gasteiger partial charge on any atom is -0.463 e. The van der Waals surface area contributed by atoms with Crippen LogP contribution >= 0.6 is 0 Å². The highest BCUT2D eigenvalue weighted by atomic mass is 32.2. The molecule has 1 heterocycles. The number of hydrogen-bond acceptors (Lipinski definition) is 11. The molecule has 1 fully saturated rings. The summed E-state index contributed by atoms with van der Waals surface area (Å²) >= 11 is 0. The minimum absolute atomic E-state index is 0.151. The number of benzene rings is 2. The van der Waals surface area contributed by atoms with Crippen LogP contribution in [0.4, 0.5) is 0 Å². The molecule has 0 spiro atoms. The van der Waals surface area contributed by atoms with Crippen LogP contribution in [0, 0.1) is 0 Å². The third kappa shape index (κ3) is 6.18. The SMILES string of the molecule is CC(=O)OC[C@H]1O[C@H](S(=O)(=O)c2ccc3ccccc3c2)[C@@H](OC(C)=O)[C@@H](OC(C)=O)[C@@H]1OC(C)=O. The number of hydrogen-bond donors (Lipinski definition) is 0. The molecule has 0 N–H and O–H groups in total. The van der Waals surface area contributed by atoms with Gasteiger partial charge in [-0.3, -0.25) is 19.2 Å². The quantitative estimate of drug-likeness (QED) is 0.386. The maximum absolute atomic E-state index is 13.8. The van der Waals surface area contributed by atoms with Gasteiger partial charge in [-0.25, -0.2) is 8.42 Å². The Morgan fingerprint density at radius 2 is 1.31 bits per heavy atom. The molecule has 11 nitrogen and oxygen atoms in total. The summed E-state index contributed by atoms with van der Waals surface area (Å²) in [4.78, 5) is 47.0. The van der Waals surface area contributed by atoms with Gasteiger partial charge < -0.3 is 23.7 Å². The van der Waals surface area contributed by atoms with Crippen LogP contribution in [0.1, 0.15) is 27.7 Å². The summed E-state index contributed by atoms with van der Waals surface area (Å²) in [6, 6.07) is 11.5. The lowest BCUT2D eigenvalue weighted by atomic mass is 9.99. The normalized spacial score (nSPS) is 23.9. The molecular weight excluding hydrogens is 496 g/mol. The zero-order valence-corrected chi connectivity index (χ0v) is 20.9. The van der Waals surface area contributed by atoms with Gasteiger partial charge in [-0.05, 0) is 22.9 Å². The van der Waals surface area contributed by atoms with Crippen molar-refractivity contribution < 1.29 is 51.3 Å². The maximum atomic E-state index is 13.8. The summed E-state index contributed by atoms with van der Waals surface area (Å²) < 4.78 is 54.2. The van der Waals surface area contributed by atoms with Crippen LogP contribution in [0.15, 0.2) is 47.4 Å². The number of esters is 4. The standard InChI is InChI=1S/C24H26O11S/c1-13(25)31-12-20-21(32-14(2)26)22(33-15(3)27)23(34-16(4)28)24(35-20)36(29,30)19-10-9-17-7-5-6-8-18(17)11-19/h5-11,20-24H,12H2,1-4H3/t20-,21-,22+,23+,24-/m1/s1. The van der Waals surface area contributed by atoms with E-state index in [1.165, 1.54) is 12.1 Å². The zero-order chi connectivity index (χ0) is 26.6. The van der Waals surface area contributed by atoms with E-state index in [0.29, 0.717) is 5.39 Å². The lowest BCUT2D eigenvalue weighted by Gasteiger charge is -2.43. The molecule has 0 bridgehead atoms. The Morgan fingerprint density at radius 3 is 1.89 bits per heavy atom. The van der Waals surface area contributed by atoms with Gasteiger partial charge in [0.1, 0.15) is 12.7 Å². The van der Waals surface area contributed by atoms with Crippen molar-refractivity contribution in [1.29, 1.82) is 0 Å². The van der Waals surface area contributed by atoms with E-state index < -0.39 is 70.2 Å². The highest BCUT2D eigenvalue weighted by Gasteiger charge is 2.56. The fourth-order valence-electron chi connectivity index (χ4n) is 3.92. The van der Waals surface area contributed by atoms with Gasteiger partial charge in [0.05, 0.1) is 4.90 Å². The molecule has 2 aromatic rings. The smallest absolute Gasteiger partial charge is 0.303 e. The van der Waals surface area contributed by atoms with Crippen LogP contribution in [-0.4, -0.2) is 68.8 Å². The van der Waals surface area contributed by atoms with E-state index in [4.69, 9.17) is 23.7 Å². The van der Waals surface area contributed by atoms with Crippen molar-refractivity contribution in [3.05, 3.63) is 42.5 Å². The van der Waals surface area contributed by atoms with Crippen LogP contribution in [0.25, 0.3) is 10.8 Å². The summed E-state index contributed by atoms with van der Waals surface area (Å²) in [7, 11) is -4.41. The van der Waals surface area contributed by atoms with Crippen molar-refractivity contribution >= 4 is 44.5 Å². The number of ether oxygens (including phenoxy) is 5. The first-order chi connectivity index (χ1) is 16.9. The number of carbonyl (C=O) groups excluding carboxylic acids is 4. The molecular formula is C24H26O11S. The molecule has 36 heavy (non-hydrogen) atoms. The van der Waals surface area contributed by atoms with Crippen molar-refractivity contribution in [3.8, 4) is 0 Å². The van der Waals surface area contributed by atoms with Crippen LogP contribution in [0.3, 0.4) is 0 Å². The van der Waals surface area contributed by atoms with Crippen molar-refractivity contribution in [2.45, 2.75) is 62.4 Å². The third-order valence-electron chi connectivity index (χ3n) is 5.30. The van der Waals surface area contributed by atoms with Gasteiger partial charge in [0.25, 0.3) is 0 Å². The number of carbonyl (C=O) groups is 4. The average molecular weight is 523 g/mol. The Kier molecular flexibility index (Phi) is 8.31. The van der Waals surface area contributed by atoms with E-state index in [1.54, 1.807) is 30.3 Å². The largest absolute Gasteiger partial charge is 0.463 e. The molecule has 0 aliphatic carbocycles. The first kappa shape index (κ1) is 27.1. The van der Waals surface area contributed by atoms with Crippen LogP contribution < -0.4 is 0 Å². The molecule has 3 rings (SSSR count). The first-order valence-electron chi connectivity index (χ1n) is 10.9. The predicted octanol–water partition coefficient (Wildman–Crippen LogP) is 1.70. The molecule has 1 aliphatic rings. The summed E-state index contributed by atoms with van der Waals surface area (Å²) in [6.07, 6.45) is -6.10. The van der Waals surface area contributed by atoms with Crippen LogP contribution in [-0.2, 0) is 52.7 Å². The van der Waals surface area contributed by atoms with Crippen LogP contribution in [0.2, 0.25) is 0 Å². The molecule has 0 radical (unpaired) electrons. The molecule has 12 heteroatoms. The van der Waals surface area contributed by atoms with Gasteiger partial charge >= 0.3 is 23.9 Å². The number of rotatable bonds is 7.